The molecule has 0 aromatic heterocycles. The Kier molecular flexibility index (Phi) is 11.9. The number of hydrogen-bond donors (Lipinski definition) is 0. The molecule has 0 aliphatic carbocycles. The maximum Gasteiger partial charge on any atom is 0.399 e. The summed E-state index contributed by atoms with van der Waals surface area (Å²) >= 11 is 0. The number of rotatable bonds is 7. The van der Waals surface area contributed by atoms with Crippen LogP contribution in [0.1, 0.15) is 6.92 Å². The highest BCUT2D eigenvalue weighted by Gasteiger charge is 2.07. The number of ether oxygens (including phenoxy) is 1. The van der Waals surface area contributed by atoms with E-state index in [0.717, 1.165) is 12.7 Å². The fourth-order valence-electron chi connectivity index (χ4n) is 0.490. The minimum atomic E-state index is -3.82. The molecule has 0 radical (unpaired) electrons. The molecule has 7 heteroatoms. The predicted molar refractivity (Wildman–Crippen MR) is 67.1 cm³/mol. The van der Waals surface area contributed by atoms with Gasteiger partial charge in [0.05, 0.1) is 26.9 Å². The van der Waals surface area contributed by atoms with Gasteiger partial charge in [0, 0.05) is 0 Å². The topological polar surface area (TPSA) is 65.1 Å². The molecule has 0 aliphatic rings. The lowest BCUT2D eigenvalue weighted by atomic mass is 10.4. The zero-order valence-electron chi connectivity index (χ0n) is 11.2. The van der Waals surface area contributed by atoms with Crippen LogP contribution in [0.15, 0.2) is 12.2 Å². The summed E-state index contributed by atoms with van der Waals surface area (Å²) in [5.74, 6) is 0. The highest BCUT2D eigenvalue weighted by atomic mass is 32.3. The second-order valence-electron chi connectivity index (χ2n) is 3.75. The molecule has 0 amide bonds. The van der Waals surface area contributed by atoms with E-state index in [-0.39, 0.29) is 13.2 Å². The van der Waals surface area contributed by atoms with Gasteiger partial charge in [-0.2, -0.15) is 8.42 Å². The number of nitrogens with zero attached hydrogens (tertiary/aromatic N) is 1. The fourth-order valence-corrected chi connectivity index (χ4v) is 0.858. The van der Waals surface area contributed by atoms with Crippen LogP contribution in [-0.4, -0.2) is 61.4 Å². The van der Waals surface area contributed by atoms with E-state index < -0.39 is 10.4 Å². The van der Waals surface area contributed by atoms with Crippen LogP contribution < -0.4 is 0 Å². The molecule has 0 saturated carbocycles. The first-order valence-corrected chi connectivity index (χ1v) is 6.32. The van der Waals surface area contributed by atoms with Crippen LogP contribution in [0, 0.1) is 0 Å². The van der Waals surface area contributed by atoms with Gasteiger partial charge >= 0.3 is 10.4 Å². The Balaban J connectivity index is 0. The van der Waals surface area contributed by atoms with Crippen molar-refractivity contribution >= 4 is 10.4 Å². The van der Waals surface area contributed by atoms with Crippen LogP contribution in [0.25, 0.3) is 0 Å². The van der Waals surface area contributed by atoms with E-state index in [9.17, 15) is 8.42 Å². The van der Waals surface area contributed by atoms with Crippen molar-refractivity contribution in [2.75, 3.05) is 48.1 Å². The summed E-state index contributed by atoms with van der Waals surface area (Å²) in [5.41, 5.74) is 0.870. The summed E-state index contributed by atoms with van der Waals surface area (Å²) < 4.78 is 34.5. The first-order valence-electron chi connectivity index (χ1n) is 4.99. The molecular weight excluding hydrogens is 246 g/mol. The predicted octanol–water partition coefficient (Wildman–Crippen LogP) is 0.665. The lowest BCUT2D eigenvalue weighted by Gasteiger charge is -2.03. The lowest BCUT2D eigenvalue weighted by molar-refractivity contribution is 0.111. The highest BCUT2D eigenvalue weighted by molar-refractivity contribution is 7.81. The van der Waals surface area contributed by atoms with Crippen LogP contribution in [0.4, 0.5) is 0 Å². The third-order valence-corrected chi connectivity index (χ3v) is 1.87. The summed E-state index contributed by atoms with van der Waals surface area (Å²) in [6.07, 6.45) is 0. The Morgan fingerprint density at radius 2 is 1.71 bits per heavy atom. The van der Waals surface area contributed by atoms with Gasteiger partial charge in [-0.05, 0) is 28.1 Å². The van der Waals surface area contributed by atoms with Crippen molar-refractivity contribution in [3.8, 4) is 0 Å². The van der Waals surface area contributed by atoms with Crippen molar-refractivity contribution in [1.29, 1.82) is 0 Å². The minimum absolute atomic E-state index is 0.0521. The molecule has 0 spiro atoms. The van der Waals surface area contributed by atoms with Gasteiger partial charge < -0.3 is 9.64 Å². The van der Waals surface area contributed by atoms with E-state index in [1.807, 2.05) is 33.0 Å². The van der Waals surface area contributed by atoms with Crippen molar-refractivity contribution in [2.45, 2.75) is 6.92 Å². The zero-order chi connectivity index (χ0) is 13.9. The molecule has 0 rings (SSSR count). The molecule has 17 heavy (non-hydrogen) atoms. The first-order chi connectivity index (χ1) is 7.71. The van der Waals surface area contributed by atoms with Crippen molar-refractivity contribution in [1.82, 2.24) is 4.90 Å². The molecule has 0 saturated heterocycles. The highest BCUT2D eigenvalue weighted by Crippen LogP contribution is 1.93. The van der Waals surface area contributed by atoms with Crippen LogP contribution in [0.5, 0.6) is 0 Å². The third kappa shape index (κ3) is 21.4. The van der Waals surface area contributed by atoms with Gasteiger partial charge in [0.15, 0.2) is 0 Å². The van der Waals surface area contributed by atoms with Crippen molar-refractivity contribution in [3.05, 3.63) is 12.2 Å². The molecular formula is C10H23NO5S. The molecule has 0 aromatic rings. The quantitative estimate of drug-likeness (QED) is 0.500. The Labute approximate surface area is 104 Å². The van der Waals surface area contributed by atoms with E-state index in [0.29, 0.717) is 6.61 Å². The average molecular weight is 269 g/mol. The molecule has 0 aromatic carbocycles. The monoisotopic (exact) mass is 269 g/mol. The Hall–Kier alpha value is -0.470. The van der Waals surface area contributed by atoms with Crippen LogP contribution in [0.2, 0.25) is 0 Å². The van der Waals surface area contributed by atoms with Crippen molar-refractivity contribution in [2.24, 2.45) is 0 Å². The Morgan fingerprint density at radius 3 is 2.06 bits per heavy atom. The lowest BCUT2D eigenvalue weighted by Crippen LogP contribution is -2.12. The third-order valence-electron chi connectivity index (χ3n) is 1.01. The van der Waals surface area contributed by atoms with Gasteiger partial charge in [0.25, 0.3) is 0 Å². The van der Waals surface area contributed by atoms with Crippen LogP contribution in [-0.2, 0) is 23.5 Å². The maximum atomic E-state index is 10.6. The maximum absolute atomic E-state index is 10.6. The molecule has 104 valence electrons. The van der Waals surface area contributed by atoms with E-state index in [1.165, 1.54) is 0 Å². The van der Waals surface area contributed by atoms with Gasteiger partial charge in [-0.1, -0.05) is 12.2 Å². The molecule has 0 unspecified atom stereocenters. The van der Waals surface area contributed by atoms with Gasteiger partial charge in [-0.25, -0.2) is 4.18 Å². The molecule has 0 aliphatic heterocycles. The Morgan fingerprint density at radius 1 is 1.24 bits per heavy atom. The van der Waals surface area contributed by atoms with E-state index in [1.54, 1.807) is 0 Å². The van der Waals surface area contributed by atoms with Gasteiger partial charge in [-0.15, -0.1) is 0 Å². The smallest absolute Gasteiger partial charge is 0.375 e. The summed E-state index contributed by atoms with van der Waals surface area (Å²) in [4.78, 5) is 2.00. The summed E-state index contributed by atoms with van der Waals surface area (Å²) in [5, 5.41) is 0. The summed E-state index contributed by atoms with van der Waals surface area (Å²) in [7, 11) is 3.21. The minimum Gasteiger partial charge on any atom is -0.375 e. The summed E-state index contributed by atoms with van der Waals surface area (Å²) in [6.45, 7) is 5.96. The van der Waals surface area contributed by atoms with Crippen molar-refractivity contribution in [3.63, 3.8) is 0 Å². The van der Waals surface area contributed by atoms with Gasteiger partial charge in [-0.3, -0.25) is 4.18 Å². The molecule has 0 atom stereocenters. The molecule has 0 fully saturated rings. The normalized spacial score (nSPS) is 10.9. The first kappa shape index (κ1) is 18.9. The van der Waals surface area contributed by atoms with Gasteiger partial charge in [0.2, 0.25) is 0 Å². The van der Waals surface area contributed by atoms with Gasteiger partial charge in [0.1, 0.15) is 0 Å². The molecule has 0 N–H and O–H groups in total. The zero-order valence-corrected chi connectivity index (χ0v) is 12.0. The van der Waals surface area contributed by atoms with Crippen molar-refractivity contribution < 1.29 is 21.5 Å². The molecule has 6 nitrogen and oxygen atoms in total. The molecule has 0 heterocycles. The SMILES string of the molecule is C=C(C)COCCOS(=O)(=O)OC.CN(C)C. The number of hydrogen-bond acceptors (Lipinski definition) is 6. The second-order valence-corrected chi connectivity index (χ2v) is 5.13. The molecule has 0 bridgehead atoms. The second kappa shape index (κ2) is 10.7. The van der Waals surface area contributed by atoms with E-state index in [2.05, 4.69) is 14.9 Å². The largest absolute Gasteiger partial charge is 0.399 e. The standard InChI is InChI=1S/C7H14O5S.C3H9N/c1-7(2)6-11-4-5-12-13(8,9)10-3;1-4(2)3/h1,4-6H2,2-3H3;1-3H3. The average Bonchev–Trinajstić information content (AvgIpc) is 2.16. The van der Waals surface area contributed by atoms with E-state index >= 15 is 0 Å². The Bertz CT molecular complexity index is 284. The summed E-state index contributed by atoms with van der Waals surface area (Å²) in [6, 6.07) is 0. The van der Waals surface area contributed by atoms with Crippen LogP contribution in [0.3, 0.4) is 0 Å². The van der Waals surface area contributed by atoms with Crippen LogP contribution >= 0.6 is 0 Å². The van der Waals surface area contributed by atoms with E-state index in [4.69, 9.17) is 4.74 Å². The fraction of sp³-hybridized carbons (Fsp3) is 0.800.